The number of rotatable bonds is 17. The minimum absolute atomic E-state index is 0.105. The Morgan fingerprint density at radius 1 is 1.26 bits per heavy atom. The zero-order valence-electron chi connectivity index (χ0n) is 23.6. The number of nitrogens with zero attached hydrogens (tertiary/aromatic N) is 2. The molecule has 0 aromatic rings. The van der Waals surface area contributed by atoms with Gasteiger partial charge >= 0.3 is 0 Å². The molecule has 0 bridgehead atoms. The summed E-state index contributed by atoms with van der Waals surface area (Å²) in [4.78, 5) is 14.7. The zero-order chi connectivity index (χ0) is 28.2. The SMILES string of the molecule is C=CCNC(=C)C(C/C(N)=C/N(N)CC)NC(=C)C1CCC(CN2C(=C)C(SCCC(=C)C)CC2=O)CC1. The van der Waals surface area contributed by atoms with Crippen LogP contribution in [0.2, 0.25) is 0 Å². The number of thioether (sulfide) groups is 1. The van der Waals surface area contributed by atoms with Crippen molar-refractivity contribution in [2.24, 2.45) is 23.4 Å². The smallest absolute Gasteiger partial charge is 0.228 e. The summed E-state index contributed by atoms with van der Waals surface area (Å²) in [5.74, 6) is 7.97. The third-order valence-electron chi connectivity index (χ3n) is 7.40. The van der Waals surface area contributed by atoms with Crippen LogP contribution in [-0.4, -0.2) is 52.5 Å². The number of carbonyl (C=O) groups excluding carboxylic acids is 1. The highest BCUT2D eigenvalue weighted by Crippen LogP contribution is 2.37. The Hall–Kier alpha value is -2.58. The van der Waals surface area contributed by atoms with Crippen molar-refractivity contribution in [2.75, 3.05) is 25.4 Å². The molecule has 0 radical (unpaired) electrons. The maximum atomic E-state index is 12.7. The Kier molecular flexibility index (Phi) is 13.1. The van der Waals surface area contributed by atoms with Crippen molar-refractivity contribution in [1.82, 2.24) is 20.5 Å². The molecule has 2 unspecified atom stereocenters. The van der Waals surface area contributed by atoms with E-state index in [0.29, 0.717) is 43.5 Å². The fourth-order valence-electron chi connectivity index (χ4n) is 4.94. The van der Waals surface area contributed by atoms with Gasteiger partial charge in [-0.2, -0.15) is 11.8 Å². The molecule has 0 aromatic carbocycles. The van der Waals surface area contributed by atoms with Crippen LogP contribution < -0.4 is 22.2 Å². The number of nitrogens with one attached hydrogen (secondary N) is 2. The molecule has 0 aromatic heterocycles. The standard InChI is InChI=1S/C30H50N6OS/c1-8-15-33-23(6)28(17-27(31)20-35(32)9-2)34-22(5)26-12-10-25(11-13-26)19-36-24(7)29(18-30(36)37)38-16-14-21(3)4/h8,20,25-26,28-29,33-34H,1,3,5-7,9-19,31-32H2,2,4H3/b27-20-. The van der Waals surface area contributed by atoms with Crippen LogP contribution in [0.4, 0.5) is 0 Å². The molecule has 1 aliphatic heterocycles. The Morgan fingerprint density at radius 3 is 2.55 bits per heavy atom. The molecule has 7 nitrogen and oxygen atoms in total. The fraction of sp³-hybridized carbons (Fsp3) is 0.567. The van der Waals surface area contributed by atoms with Crippen molar-refractivity contribution >= 4 is 17.7 Å². The molecular formula is C30H50N6OS. The lowest BCUT2D eigenvalue weighted by atomic mass is 9.80. The van der Waals surface area contributed by atoms with Gasteiger partial charge in [0.25, 0.3) is 0 Å². The second-order valence-electron chi connectivity index (χ2n) is 10.6. The average molecular weight is 543 g/mol. The lowest BCUT2D eigenvalue weighted by molar-refractivity contribution is -0.127. The largest absolute Gasteiger partial charge is 0.401 e. The summed E-state index contributed by atoms with van der Waals surface area (Å²) in [6.45, 7) is 26.7. The van der Waals surface area contributed by atoms with Gasteiger partial charge in [0, 0.05) is 61.5 Å². The molecule has 1 saturated heterocycles. The molecule has 1 heterocycles. The lowest BCUT2D eigenvalue weighted by Gasteiger charge is -2.34. The molecular weight excluding hydrogens is 492 g/mol. The number of likely N-dealkylation sites (tertiary alicyclic amines) is 1. The van der Waals surface area contributed by atoms with Gasteiger partial charge in [-0.1, -0.05) is 31.4 Å². The van der Waals surface area contributed by atoms with Crippen molar-refractivity contribution in [2.45, 2.75) is 70.1 Å². The molecule has 1 aliphatic carbocycles. The first-order valence-electron chi connectivity index (χ1n) is 13.8. The summed E-state index contributed by atoms with van der Waals surface area (Å²) in [6.07, 6.45) is 9.90. The van der Waals surface area contributed by atoms with Gasteiger partial charge in [0.2, 0.25) is 5.91 Å². The molecule has 6 N–H and O–H groups in total. The minimum Gasteiger partial charge on any atom is -0.401 e. The molecule has 1 saturated carbocycles. The minimum atomic E-state index is -0.105. The Morgan fingerprint density at radius 2 is 1.95 bits per heavy atom. The lowest BCUT2D eigenvalue weighted by Crippen LogP contribution is -2.39. The third kappa shape index (κ3) is 9.95. The predicted molar refractivity (Wildman–Crippen MR) is 163 cm³/mol. The Balaban J connectivity index is 1.89. The van der Waals surface area contributed by atoms with Crippen LogP contribution in [0.1, 0.15) is 58.8 Å². The normalized spacial score (nSPS) is 22.7. The van der Waals surface area contributed by atoms with E-state index in [0.717, 1.165) is 61.5 Å². The van der Waals surface area contributed by atoms with Crippen molar-refractivity contribution < 1.29 is 4.79 Å². The molecule has 212 valence electrons. The maximum Gasteiger partial charge on any atom is 0.228 e. The summed E-state index contributed by atoms with van der Waals surface area (Å²) in [7, 11) is 0. The first-order chi connectivity index (χ1) is 18.0. The third-order valence-corrected chi connectivity index (χ3v) is 8.68. The Labute approximate surface area is 235 Å². The maximum absolute atomic E-state index is 12.7. The van der Waals surface area contributed by atoms with Gasteiger partial charge in [0.15, 0.2) is 0 Å². The van der Waals surface area contributed by atoms with Crippen LogP contribution in [0.25, 0.3) is 0 Å². The number of hydrogen-bond acceptors (Lipinski definition) is 7. The highest BCUT2D eigenvalue weighted by Gasteiger charge is 2.36. The van der Waals surface area contributed by atoms with Gasteiger partial charge in [0.05, 0.1) is 11.3 Å². The van der Waals surface area contributed by atoms with E-state index in [1.165, 1.54) is 5.57 Å². The van der Waals surface area contributed by atoms with E-state index in [2.05, 4.69) is 43.5 Å². The first-order valence-corrected chi connectivity index (χ1v) is 14.8. The van der Waals surface area contributed by atoms with Crippen LogP contribution in [0, 0.1) is 11.8 Å². The second-order valence-corrected chi connectivity index (χ2v) is 12.0. The van der Waals surface area contributed by atoms with Crippen LogP contribution >= 0.6 is 11.8 Å². The summed E-state index contributed by atoms with van der Waals surface area (Å²) >= 11 is 1.83. The van der Waals surface area contributed by atoms with Gasteiger partial charge in [-0.05, 0) is 63.5 Å². The van der Waals surface area contributed by atoms with Crippen LogP contribution in [-0.2, 0) is 4.79 Å². The van der Waals surface area contributed by atoms with Crippen LogP contribution in [0.15, 0.2) is 73.5 Å². The van der Waals surface area contributed by atoms with E-state index in [4.69, 9.17) is 11.6 Å². The molecule has 2 rings (SSSR count). The summed E-state index contributed by atoms with van der Waals surface area (Å²) in [5.41, 5.74) is 11.0. The number of amides is 1. The molecule has 8 heteroatoms. The van der Waals surface area contributed by atoms with Crippen LogP contribution in [0.3, 0.4) is 0 Å². The van der Waals surface area contributed by atoms with E-state index < -0.39 is 0 Å². The van der Waals surface area contributed by atoms with Gasteiger partial charge < -0.3 is 26.3 Å². The number of nitrogens with two attached hydrogens (primary N) is 2. The molecule has 0 spiro atoms. The number of hydrazine groups is 1. The fourth-order valence-corrected chi connectivity index (χ4v) is 6.27. The second kappa shape index (κ2) is 15.7. The number of carbonyl (C=O) groups is 1. The molecule has 2 atom stereocenters. The summed E-state index contributed by atoms with van der Waals surface area (Å²) < 4.78 is 0. The topological polar surface area (TPSA) is 99.7 Å². The van der Waals surface area contributed by atoms with Crippen molar-refractivity contribution in [1.29, 1.82) is 0 Å². The zero-order valence-corrected chi connectivity index (χ0v) is 24.5. The quantitative estimate of drug-likeness (QED) is 0.120. The van der Waals surface area contributed by atoms with Gasteiger partial charge in [-0.15, -0.1) is 13.2 Å². The van der Waals surface area contributed by atoms with Gasteiger partial charge in [-0.25, -0.2) is 5.84 Å². The van der Waals surface area contributed by atoms with E-state index in [9.17, 15) is 4.79 Å². The van der Waals surface area contributed by atoms with E-state index >= 15 is 0 Å². The first kappa shape index (κ1) is 31.6. The van der Waals surface area contributed by atoms with E-state index in [1.807, 2.05) is 30.5 Å². The Bertz CT molecular complexity index is 904. The van der Waals surface area contributed by atoms with Gasteiger partial charge in [-0.3, -0.25) is 4.79 Å². The highest BCUT2D eigenvalue weighted by atomic mass is 32.2. The summed E-state index contributed by atoms with van der Waals surface area (Å²) in [5, 5.41) is 8.67. The van der Waals surface area contributed by atoms with E-state index in [1.54, 1.807) is 17.3 Å². The van der Waals surface area contributed by atoms with E-state index in [-0.39, 0.29) is 17.2 Å². The average Bonchev–Trinajstić information content (AvgIpc) is 3.14. The monoisotopic (exact) mass is 542 g/mol. The molecule has 2 aliphatic rings. The number of allylic oxidation sites excluding steroid dienone is 2. The molecule has 2 fully saturated rings. The van der Waals surface area contributed by atoms with Gasteiger partial charge in [0.1, 0.15) is 0 Å². The van der Waals surface area contributed by atoms with Crippen molar-refractivity contribution in [3.8, 4) is 0 Å². The van der Waals surface area contributed by atoms with Crippen molar-refractivity contribution in [3.63, 3.8) is 0 Å². The number of hydrogen-bond donors (Lipinski definition) is 4. The van der Waals surface area contributed by atoms with Crippen LogP contribution in [0.5, 0.6) is 0 Å². The molecule has 38 heavy (non-hydrogen) atoms. The van der Waals surface area contributed by atoms with Crippen molar-refractivity contribution in [3.05, 3.63) is 73.5 Å². The highest BCUT2D eigenvalue weighted by molar-refractivity contribution is 8.00. The molecule has 1 amide bonds. The predicted octanol–water partition coefficient (Wildman–Crippen LogP) is 4.75. The summed E-state index contributed by atoms with van der Waals surface area (Å²) in [6, 6.07) is -0.105.